The first-order chi connectivity index (χ1) is 17.4. The molecule has 1 aliphatic carbocycles. The first kappa shape index (κ1) is 28.5. The quantitative estimate of drug-likeness (QED) is 0.378. The van der Waals surface area contributed by atoms with E-state index >= 15 is 0 Å². The number of allylic oxidation sites excluding steroid dienone is 1. The fourth-order valence-corrected chi connectivity index (χ4v) is 4.07. The average Bonchev–Trinajstić information content (AvgIpc) is 3.40. The van der Waals surface area contributed by atoms with Gasteiger partial charge in [0.1, 0.15) is 6.04 Å². The number of nitrogens with one attached hydrogen (secondary N) is 3. The summed E-state index contributed by atoms with van der Waals surface area (Å²) in [4.78, 5) is 33.8. The molecular weight excluding hydrogens is 459 g/mol. The van der Waals surface area contributed by atoms with E-state index in [1.807, 2.05) is 13.8 Å². The van der Waals surface area contributed by atoms with Gasteiger partial charge in [-0.25, -0.2) is 4.39 Å². The molecule has 1 aromatic carbocycles. The summed E-state index contributed by atoms with van der Waals surface area (Å²) < 4.78 is 14.1. The molecule has 3 rings (SSSR count). The fraction of sp³-hybridized carbons (Fsp3) is 0.407. The minimum Gasteiger partial charge on any atom is -0.403 e. The Morgan fingerprint density at radius 3 is 2.64 bits per heavy atom. The first-order valence-corrected chi connectivity index (χ1v) is 12.3. The van der Waals surface area contributed by atoms with Gasteiger partial charge in [-0.05, 0) is 43.5 Å². The van der Waals surface area contributed by atoms with E-state index in [-0.39, 0.29) is 11.6 Å². The number of nitrogens with two attached hydrogens (primary N) is 1. The summed E-state index contributed by atoms with van der Waals surface area (Å²) >= 11 is 0. The largest absolute Gasteiger partial charge is 0.403 e. The second-order valence-corrected chi connectivity index (χ2v) is 8.42. The second kappa shape index (κ2) is 14.6. The van der Waals surface area contributed by atoms with Crippen molar-refractivity contribution in [1.82, 2.24) is 15.6 Å². The molecule has 1 unspecified atom stereocenters. The molecule has 1 saturated carbocycles. The Hall–Kier alpha value is -3.75. The normalized spacial score (nSPS) is 14.6. The highest BCUT2D eigenvalue weighted by atomic mass is 19.1. The summed E-state index contributed by atoms with van der Waals surface area (Å²) in [7, 11) is 1.58. The number of anilines is 2. The number of nitrogens with zero attached hydrogens (tertiary/aromatic N) is 2. The van der Waals surface area contributed by atoms with Crippen molar-refractivity contribution in [1.29, 1.82) is 0 Å². The molecule has 1 atom stereocenters. The third-order valence-corrected chi connectivity index (χ3v) is 5.78. The minimum atomic E-state index is -0.729. The molecule has 2 aromatic rings. The van der Waals surface area contributed by atoms with Crippen LogP contribution >= 0.6 is 0 Å². The van der Waals surface area contributed by atoms with Crippen LogP contribution in [0.15, 0.2) is 53.4 Å². The highest BCUT2D eigenvalue weighted by molar-refractivity contribution is 5.99. The first-order valence-electron chi connectivity index (χ1n) is 12.3. The summed E-state index contributed by atoms with van der Waals surface area (Å²) in [5.41, 5.74) is 7.76. The van der Waals surface area contributed by atoms with Gasteiger partial charge in [0.15, 0.2) is 5.82 Å². The van der Waals surface area contributed by atoms with Gasteiger partial charge in [0.05, 0.1) is 17.6 Å². The Kier molecular flexibility index (Phi) is 11.6. The number of aryl methyl sites for hydroxylation is 1. The molecule has 0 aliphatic heterocycles. The molecule has 9 heteroatoms. The van der Waals surface area contributed by atoms with Gasteiger partial charge in [0.25, 0.3) is 5.91 Å². The number of carbonyl (C=O) groups is 2. The highest BCUT2D eigenvalue weighted by Crippen LogP contribution is 2.29. The molecule has 194 valence electrons. The van der Waals surface area contributed by atoms with Crippen molar-refractivity contribution in [3.05, 3.63) is 65.5 Å². The van der Waals surface area contributed by atoms with Crippen LogP contribution in [0.25, 0.3) is 0 Å². The lowest BCUT2D eigenvalue weighted by Gasteiger charge is -2.22. The topological polar surface area (TPSA) is 121 Å². The van der Waals surface area contributed by atoms with Crippen LogP contribution in [-0.4, -0.2) is 36.1 Å². The van der Waals surface area contributed by atoms with E-state index in [4.69, 9.17) is 5.73 Å². The number of hydrogen-bond acceptors (Lipinski definition) is 6. The third kappa shape index (κ3) is 8.48. The molecule has 0 saturated heterocycles. The Bertz CT molecular complexity index is 1080. The van der Waals surface area contributed by atoms with Crippen LogP contribution in [0.3, 0.4) is 0 Å². The van der Waals surface area contributed by atoms with Crippen molar-refractivity contribution < 1.29 is 14.0 Å². The van der Waals surface area contributed by atoms with Gasteiger partial charge < -0.3 is 21.7 Å². The van der Waals surface area contributed by atoms with Crippen LogP contribution in [0.2, 0.25) is 0 Å². The number of aromatic nitrogens is 1. The van der Waals surface area contributed by atoms with Gasteiger partial charge in [0.2, 0.25) is 5.91 Å². The predicted octanol–water partition coefficient (Wildman–Crippen LogP) is 4.59. The smallest absolute Gasteiger partial charge is 0.252 e. The molecule has 5 N–H and O–H groups in total. The zero-order chi connectivity index (χ0) is 26.5. The van der Waals surface area contributed by atoms with Crippen LogP contribution in [0.1, 0.15) is 62.0 Å². The summed E-state index contributed by atoms with van der Waals surface area (Å²) in [6, 6.07) is 7.55. The van der Waals surface area contributed by atoms with Gasteiger partial charge in [-0.3, -0.25) is 19.6 Å². The zero-order valence-electron chi connectivity index (χ0n) is 21.5. The number of pyridine rings is 1. The monoisotopic (exact) mass is 496 g/mol. The number of rotatable bonds is 9. The standard InChI is InChI=1S/C25H31FN6O2.C2H6/c1-16-10-22(21(26)15-29-16)30-19-9-5-8-18(12-19)24(33)32-23(11-17-6-3-4-7-17)25(34)31-20(13-27)14-28-2;1-2/h5,8-10,12-15,17,23H,3-4,6-7,11,27H2,1-2H3,(H,29,30)(H,31,34)(H,32,33);1-2H3/b20-13+,28-14?;. The van der Waals surface area contributed by atoms with Gasteiger partial charge in [-0.15, -0.1) is 0 Å². The average molecular weight is 497 g/mol. The van der Waals surface area contributed by atoms with Crippen molar-refractivity contribution in [3.8, 4) is 0 Å². The number of aliphatic imine (C=N–C) groups is 1. The van der Waals surface area contributed by atoms with Gasteiger partial charge >= 0.3 is 0 Å². The molecule has 0 bridgehead atoms. The molecule has 36 heavy (non-hydrogen) atoms. The molecule has 0 spiro atoms. The Labute approximate surface area is 212 Å². The van der Waals surface area contributed by atoms with E-state index in [1.165, 1.54) is 12.4 Å². The number of benzene rings is 1. The molecule has 1 aliphatic rings. The van der Waals surface area contributed by atoms with Crippen LogP contribution < -0.4 is 21.7 Å². The molecule has 1 fully saturated rings. The highest BCUT2D eigenvalue weighted by Gasteiger charge is 2.27. The van der Waals surface area contributed by atoms with Crippen molar-refractivity contribution in [2.24, 2.45) is 16.6 Å². The van der Waals surface area contributed by atoms with Crippen molar-refractivity contribution in [2.75, 3.05) is 12.4 Å². The maximum Gasteiger partial charge on any atom is 0.252 e. The van der Waals surface area contributed by atoms with Gasteiger partial charge in [-0.1, -0.05) is 45.6 Å². The maximum atomic E-state index is 14.1. The lowest BCUT2D eigenvalue weighted by Crippen LogP contribution is -2.47. The molecular formula is C27H37FN6O2. The fourth-order valence-electron chi connectivity index (χ4n) is 4.07. The summed E-state index contributed by atoms with van der Waals surface area (Å²) in [5.74, 6) is -0.865. The molecule has 1 heterocycles. The minimum absolute atomic E-state index is 0.266. The van der Waals surface area contributed by atoms with Crippen LogP contribution in [0.4, 0.5) is 15.8 Å². The van der Waals surface area contributed by atoms with Gasteiger partial charge in [-0.2, -0.15) is 0 Å². The van der Waals surface area contributed by atoms with E-state index in [1.54, 1.807) is 44.3 Å². The van der Waals surface area contributed by atoms with E-state index in [0.717, 1.165) is 31.9 Å². The summed E-state index contributed by atoms with van der Waals surface area (Å²) in [5, 5.41) is 8.58. The number of carbonyl (C=O) groups excluding carboxylic acids is 2. The Balaban J connectivity index is 0.00000222. The lowest BCUT2D eigenvalue weighted by atomic mass is 9.97. The number of hydrogen-bond donors (Lipinski definition) is 4. The van der Waals surface area contributed by atoms with E-state index in [2.05, 4.69) is 25.9 Å². The Morgan fingerprint density at radius 1 is 1.25 bits per heavy atom. The maximum absolute atomic E-state index is 14.1. The zero-order valence-corrected chi connectivity index (χ0v) is 21.5. The molecule has 2 amide bonds. The van der Waals surface area contributed by atoms with Crippen molar-refractivity contribution in [2.45, 2.75) is 58.9 Å². The lowest BCUT2D eigenvalue weighted by molar-refractivity contribution is -0.122. The predicted molar refractivity (Wildman–Crippen MR) is 143 cm³/mol. The third-order valence-electron chi connectivity index (χ3n) is 5.78. The van der Waals surface area contributed by atoms with E-state index in [0.29, 0.717) is 35.0 Å². The van der Waals surface area contributed by atoms with Gasteiger partial charge in [0, 0.05) is 36.4 Å². The van der Waals surface area contributed by atoms with Crippen LogP contribution in [-0.2, 0) is 4.79 Å². The van der Waals surface area contributed by atoms with E-state index in [9.17, 15) is 14.0 Å². The summed E-state index contributed by atoms with van der Waals surface area (Å²) in [6.45, 7) is 5.77. The molecule has 0 radical (unpaired) electrons. The summed E-state index contributed by atoms with van der Waals surface area (Å²) in [6.07, 6.45) is 8.71. The number of amides is 2. The van der Waals surface area contributed by atoms with E-state index < -0.39 is 17.8 Å². The van der Waals surface area contributed by atoms with Crippen molar-refractivity contribution in [3.63, 3.8) is 0 Å². The SMILES string of the molecule is CC.CN=C/C(=C\N)NC(=O)C(CC1CCCC1)NC(=O)c1cccc(Nc2cc(C)ncc2F)c1. The molecule has 8 nitrogen and oxygen atoms in total. The molecule has 1 aromatic heterocycles. The van der Waals surface area contributed by atoms with Crippen LogP contribution in [0, 0.1) is 18.7 Å². The van der Waals surface area contributed by atoms with Crippen molar-refractivity contribution >= 4 is 29.4 Å². The second-order valence-electron chi connectivity index (χ2n) is 8.42. The number of halogens is 1. The Morgan fingerprint density at radius 2 is 1.97 bits per heavy atom. The van der Waals surface area contributed by atoms with Crippen LogP contribution in [0.5, 0.6) is 0 Å².